The van der Waals surface area contributed by atoms with Gasteiger partial charge in [0.2, 0.25) is 0 Å². The van der Waals surface area contributed by atoms with Gasteiger partial charge in [-0.3, -0.25) is 4.57 Å². The van der Waals surface area contributed by atoms with E-state index in [0.29, 0.717) is 53.7 Å². The van der Waals surface area contributed by atoms with Gasteiger partial charge in [-0.1, -0.05) is 54.6 Å². The molecular formula is C29H31N7O8. The largest absolute Gasteiger partial charge is 0.478 e. The predicted molar refractivity (Wildman–Crippen MR) is 159 cm³/mol. The second kappa shape index (κ2) is 14.5. The lowest BCUT2D eigenvalue weighted by Crippen LogP contribution is -2.36. The second-order valence-corrected chi connectivity index (χ2v) is 9.34. The third-order valence-corrected chi connectivity index (χ3v) is 6.41. The maximum Gasteiger partial charge on any atom is 0.445 e. The highest BCUT2D eigenvalue weighted by atomic mass is 16.9. The highest BCUT2D eigenvalue weighted by molar-refractivity contribution is 6.04. The fourth-order valence-electron chi connectivity index (χ4n) is 4.43. The van der Waals surface area contributed by atoms with Crippen LogP contribution in [0.4, 0.5) is 4.79 Å². The van der Waals surface area contributed by atoms with E-state index in [1.54, 1.807) is 28.8 Å². The summed E-state index contributed by atoms with van der Waals surface area (Å²) in [5, 5.41) is 23.5. The number of aromatic carboxylic acids is 1. The molecule has 0 unspecified atom stereocenters. The Balaban J connectivity index is 1.50. The van der Waals surface area contributed by atoms with Gasteiger partial charge in [0.1, 0.15) is 0 Å². The molecule has 0 aliphatic carbocycles. The fourth-order valence-corrected chi connectivity index (χ4v) is 4.43. The first kappa shape index (κ1) is 31.2. The van der Waals surface area contributed by atoms with Gasteiger partial charge in [-0.2, -0.15) is 4.98 Å². The van der Waals surface area contributed by atoms with Crippen molar-refractivity contribution in [2.24, 2.45) is 16.7 Å². The van der Waals surface area contributed by atoms with Gasteiger partial charge >= 0.3 is 12.1 Å². The molecule has 4 aromatic rings. The SMILES string of the molecule is CCOc1nc2cccc(C(=O)O)c2n1Cc1ccc(-c2ccccc2/C(N)=N/N(N)C(=O)OCCCCO[N+](=O)[O-])cc1. The summed E-state index contributed by atoms with van der Waals surface area (Å²) in [6.45, 7) is 2.36. The van der Waals surface area contributed by atoms with E-state index in [2.05, 4.69) is 14.9 Å². The van der Waals surface area contributed by atoms with E-state index in [-0.39, 0.29) is 24.6 Å². The molecule has 0 aliphatic rings. The molecule has 44 heavy (non-hydrogen) atoms. The van der Waals surface area contributed by atoms with Crippen LogP contribution >= 0.6 is 0 Å². The minimum absolute atomic E-state index is 0.0315. The van der Waals surface area contributed by atoms with E-state index in [0.717, 1.165) is 16.7 Å². The summed E-state index contributed by atoms with van der Waals surface area (Å²) in [7, 11) is 0. The third-order valence-electron chi connectivity index (χ3n) is 6.41. The molecule has 230 valence electrons. The number of benzene rings is 3. The summed E-state index contributed by atoms with van der Waals surface area (Å²) in [5.41, 5.74) is 10.3. The third kappa shape index (κ3) is 7.57. The number of ether oxygens (including phenoxy) is 2. The molecule has 0 aliphatic heterocycles. The summed E-state index contributed by atoms with van der Waals surface area (Å²) < 4.78 is 12.5. The van der Waals surface area contributed by atoms with Crippen molar-refractivity contribution in [1.82, 2.24) is 14.7 Å². The first-order valence-electron chi connectivity index (χ1n) is 13.6. The van der Waals surface area contributed by atoms with Gasteiger partial charge < -0.3 is 25.2 Å². The number of imidazole rings is 1. The number of aromatic nitrogens is 2. The van der Waals surface area contributed by atoms with Gasteiger partial charge in [-0.15, -0.1) is 20.3 Å². The maximum absolute atomic E-state index is 12.2. The van der Waals surface area contributed by atoms with Gasteiger partial charge in [0.15, 0.2) is 5.84 Å². The number of nitrogens with zero attached hydrogens (tertiary/aromatic N) is 5. The Morgan fingerprint density at radius 2 is 1.75 bits per heavy atom. The average molecular weight is 606 g/mol. The number of nitrogens with two attached hydrogens (primary N) is 2. The predicted octanol–water partition coefficient (Wildman–Crippen LogP) is 3.77. The Bertz CT molecular complexity index is 1670. The molecule has 0 saturated heterocycles. The van der Waals surface area contributed by atoms with Crippen molar-refractivity contribution in [3.8, 4) is 17.1 Å². The quantitative estimate of drug-likeness (QED) is 0.0358. The van der Waals surface area contributed by atoms with E-state index in [1.807, 2.05) is 43.3 Å². The Labute approximate surface area is 251 Å². The minimum atomic E-state index is -1.06. The van der Waals surface area contributed by atoms with E-state index >= 15 is 0 Å². The lowest BCUT2D eigenvalue weighted by atomic mass is 9.98. The number of fused-ring (bicyclic) bond motifs is 1. The van der Waals surface area contributed by atoms with Crippen LogP contribution in [-0.2, 0) is 16.1 Å². The van der Waals surface area contributed by atoms with E-state index in [1.165, 1.54) is 6.07 Å². The Hall–Kier alpha value is -5.70. The summed E-state index contributed by atoms with van der Waals surface area (Å²) in [4.78, 5) is 43.0. The molecule has 0 atom stereocenters. The van der Waals surface area contributed by atoms with Crippen LogP contribution in [0.25, 0.3) is 22.2 Å². The van der Waals surface area contributed by atoms with Crippen molar-refractivity contribution in [2.45, 2.75) is 26.3 Å². The molecule has 4 rings (SSSR count). The maximum atomic E-state index is 12.2. The Morgan fingerprint density at radius 3 is 2.45 bits per heavy atom. The summed E-state index contributed by atoms with van der Waals surface area (Å²) in [6.07, 6.45) is -0.308. The number of amidine groups is 1. The molecule has 0 saturated carbocycles. The molecule has 1 aromatic heterocycles. The number of carbonyl (C=O) groups excluding carboxylic acids is 1. The van der Waals surface area contributed by atoms with Crippen LogP contribution in [-0.4, -0.2) is 62.6 Å². The van der Waals surface area contributed by atoms with Gasteiger partial charge in [-0.05, 0) is 48.6 Å². The molecule has 0 bridgehead atoms. The Kier molecular flexibility index (Phi) is 10.3. The lowest BCUT2D eigenvalue weighted by Gasteiger charge is -2.14. The number of para-hydroxylation sites is 1. The first-order valence-corrected chi connectivity index (χ1v) is 13.6. The monoisotopic (exact) mass is 605 g/mol. The Morgan fingerprint density at radius 1 is 1.05 bits per heavy atom. The summed E-state index contributed by atoms with van der Waals surface area (Å²) >= 11 is 0. The zero-order valence-corrected chi connectivity index (χ0v) is 23.8. The number of hydrogen-bond donors (Lipinski definition) is 3. The molecule has 5 N–H and O–H groups in total. The number of carbonyl (C=O) groups is 2. The van der Waals surface area contributed by atoms with E-state index in [4.69, 9.17) is 21.1 Å². The number of hydrazone groups is 1. The topological polar surface area (TPSA) is 211 Å². The first-order chi connectivity index (χ1) is 21.2. The number of carboxylic acid groups (broad SMARTS) is 1. The smallest absolute Gasteiger partial charge is 0.445 e. The average Bonchev–Trinajstić information content (AvgIpc) is 3.35. The summed E-state index contributed by atoms with van der Waals surface area (Å²) in [5.74, 6) is 4.64. The number of rotatable bonds is 14. The lowest BCUT2D eigenvalue weighted by molar-refractivity contribution is -0.757. The van der Waals surface area contributed by atoms with Crippen LogP contribution in [0.15, 0.2) is 71.8 Å². The standard InChI is InChI=1S/C29H31N7O8/c1-2-42-28-32-24-11-7-10-23(27(37)38)25(24)34(28)18-19-12-14-20(15-13-19)21-8-3-4-9-22(21)26(30)33-35(31)29(39)43-16-5-6-17-44-36(40)41/h3-4,7-15H,2,5-6,16-18,31H2,1H3,(H2,30,33)(H,37,38). The molecule has 0 radical (unpaired) electrons. The van der Waals surface area contributed by atoms with Crippen molar-refractivity contribution >= 4 is 28.9 Å². The van der Waals surface area contributed by atoms with Crippen molar-refractivity contribution in [3.63, 3.8) is 0 Å². The van der Waals surface area contributed by atoms with Crippen molar-refractivity contribution in [3.05, 3.63) is 93.5 Å². The molecule has 1 heterocycles. The molecule has 15 heteroatoms. The van der Waals surface area contributed by atoms with Gasteiger partial charge in [-0.25, -0.2) is 15.4 Å². The number of carboxylic acids is 1. The molecule has 0 spiro atoms. The van der Waals surface area contributed by atoms with Crippen molar-refractivity contribution in [1.29, 1.82) is 0 Å². The van der Waals surface area contributed by atoms with Crippen LogP contribution < -0.4 is 16.3 Å². The molecule has 0 fully saturated rings. The number of unbranched alkanes of at least 4 members (excludes halogenated alkanes) is 1. The van der Waals surface area contributed by atoms with Crippen molar-refractivity contribution < 1.29 is 34.1 Å². The van der Waals surface area contributed by atoms with Crippen LogP contribution in [0.5, 0.6) is 6.01 Å². The molecule has 3 aromatic carbocycles. The zero-order chi connectivity index (χ0) is 31.6. The molecule has 1 amide bonds. The number of amides is 1. The van der Waals surface area contributed by atoms with Crippen LogP contribution in [0.3, 0.4) is 0 Å². The number of hydrogen-bond acceptors (Lipinski definition) is 10. The second-order valence-electron chi connectivity index (χ2n) is 9.34. The molecular weight excluding hydrogens is 574 g/mol. The minimum Gasteiger partial charge on any atom is -0.478 e. The van der Waals surface area contributed by atoms with E-state index in [9.17, 15) is 24.8 Å². The highest BCUT2D eigenvalue weighted by Crippen LogP contribution is 2.28. The van der Waals surface area contributed by atoms with E-state index < -0.39 is 17.1 Å². The normalized spacial score (nSPS) is 11.3. The zero-order valence-electron chi connectivity index (χ0n) is 23.8. The fraction of sp³-hybridized carbons (Fsp3) is 0.241. The van der Waals surface area contributed by atoms with Crippen LogP contribution in [0, 0.1) is 10.1 Å². The van der Waals surface area contributed by atoms with Crippen molar-refractivity contribution in [2.75, 3.05) is 19.8 Å². The van der Waals surface area contributed by atoms with Gasteiger partial charge in [0.25, 0.3) is 11.1 Å². The number of hydrazine groups is 1. The van der Waals surface area contributed by atoms with Crippen LogP contribution in [0.1, 0.15) is 41.3 Å². The summed E-state index contributed by atoms with van der Waals surface area (Å²) in [6, 6.07) is 20.0. The van der Waals surface area contributed by atoms with Crippen LogP contribution in [0.2, 0.25) is 0 Å². The van der Waals surface area contributed by atoms with Gasteiger partial charge in [0.05, 0.1) is 43.0 Å². The highest BCUT2D eigenvalue weighted by Gasteiger charge is 2.19. The van der Waals surface area contributed by atoms with Gasteiger partial charge in [0, 0.05) is 5.56 Å². The molecule has 15 nitrogen and oxygen atoms in total.